The highest BCUT2D eigenvalue weighted by Gasteiger charge is 2.79. The molecule has 6 aliphatic rings. The minimum atomic E-state index is -0.949. The van der Waals surface area contributed by atoms with Crippen molar-refractivity contribution in [2.24, 2.45) is 34.5 Å². The zero-order valence-electron chi connectivity index (χ0n) is 19.8. The summed E-state index contributed by atoms with van der Waals surface area (Å²) in [7, 11) is 0. The maximum Gasteiger partial charge on any atom is 0.227 e. The van der Waals surface area contributed by atoms with E-state index < -0.39 is 22.9 Å². The lowest BCUT2D eigenvalue weighted by molar-refractivity contribution is -0.264. The van der Waals surface area contributed by atoms with Crippen molar-refractivity contribution in [2.45, 2.75) is 64.4 Å². The zero-order chi connectivity index (χ0) is 23.4. The molecule has 4 aliphatic carbocycles. The lowest BCUT2D eigenvalue weighted by Gasteiger charge is -2.61. The van der Waals surface area contributed by atoms with Crippen LogP contribution in [-0.4, -0.2) is 53.7 Å². The fraction of sp³-hybridized carbons (Fsp3) is 0.731. The van der Waals surface area contributed by atoms with Crippen molar-refractivity contribution in [3.8, 4) is 0 Å². The third-order valence-corrected chi connectivity index (χ3v) is 10.2. The molecule has 180 valence electrons. The van der Waals surface area contributed by atoms with Crippen molar-refractivity contribution in [2.75, 3.05) is 20.2 Å². The summed E-state index contributed by atoms with van der Waals surface area (Å²) in [5.41, 5.74) is 0.981. The van der Waals surface area contributed by atoms with Gasteiger partial charge in [0, 0.05) is 22.3 Å². The van der Waals surface area contributed by atoms with E-state index >= 15 is 0 Å². The van der Waals surface area contributed by atoms with Crippen LogP contribution in [0.1, 0.15) is 47.0 Å². The number of hydrogen-bond donors (Lipinski definition) is 2. The first-order valence-corrected chi connectivity index (χ1v) is 12.1. The summed E-state index contributed by atoms with van der Waals surface area (Å²) in [6.07, 6.45) is 6.21. The number of aliphatic hydroxyl groups is 2. The van der Waals surface area contributed by atoms with Gasteiger partial charge in [-0.2, -0.15) is 0 Å². The normalized spacial score (nSPS) is 54.4. The first-order valence-electron chi connectivity index (χ1n) is 12.1. The van der Waals surface area contributed by atoms with Crippen molar-refractivity contribution < 1.29 is 34.0 Å². The number of ketones is 1. The standard InChI is InChI=1S/C26H34O7/c1-14-5-17-19-6-15(2)26(25(32-13-33-26)11-30-12-31-25)24(19,4)9-21(29)22(17)23(3)8-16(10-27)20(28)7-18(14)23/h5,7,10,15,17,19,21-22,27,29H,6,8-9,11-13H2,1-4H3/b16-10-/t15-,17+,19+,21+,22-,23+,24+,25-,26-/m1/s1. The molecular formula is C26H34O7. The van der Waals surface area contributed by atoms with E-state index in [1.807, 2.05) is 0 Å². The van der Waals surface area contributed by atoms with Crippen LogP contribution in [-0.2, 0) is 23.7 Å². The van der Waals surface area contributed by atoms with Crippen LogP contribution < -0.4 is 0 Å². The SMILES string of the molecule is CC1=C[C@@H]2[C@H]([C@@H](O)C[C@@]3(C)[C@H]2C[C@@H](C)[C@@]32OCO[C@]23COCO3)[C@@]2(C)C/C(=C/O)C(=O)C=C12. The molecule has 33 heavy (non-hydrogen) atoms. The molecule has 0 bridgehead atoms. The van der Waals surface area contributed by atoms with Gasteiger partial charge in [-0.3, -0.25) is 4.79 Å². The number of allylic oxidation sites excluding steroid dienone is 5. The molecule has 9 atom stereocenters. The van der Waals surface area contributed by atoms with Crippen LogP contribution in [0.3, 0.4) is 0 Å². The monoisotopic (exact) mass is 458 g/mol. The van der Waals surface area contributed by atoms with Crippen LogP contribution in [0, 0.1) is 34.5 Å². The van der Waals surface area contributed by atoms with Crippen molar-refractivity contribution in [1.82, 2.24) is 0 Å². The van der Waals surface area contributed by atoms with Gasteiger partial charge in [0.2, 0.25) is 5.79 Å². The molecule has 7 nitrogen and oxygen atoms in total. The van der Waals surface area contributed by atoms with Crippen LogP contribution in [0.25, 0.3) is 0 Å². The maximum absolute atomic E-state index is 12.5. The number of carbonyl (C=O) groups excluding carboxylic acids is 1. The summed E-state index contributed by atoms with van der Waals surface area (Å²) < 4.78 is 24.4. The predicted octanol–water partition coefficient (Wildman–Crippen LogP) is 3.40. The van der Waals surface area contributed by atoms with E-state index in [9.17, 15) is 15.0 Å². The van der Waals surface area contributed by atoms with Crippen molar-refractivity contribution in [3.05, 3.63) is 35.1 Å². The van der Waals surface area contributed by atoms with Gasteiger partial charge in [-0.25, -0.2) is 0 Å². The maximum atomic E-state index is 12.5. The quantitative estimate of drug-likeness (QED) is 0.424. The molecule has 7 heteroatoms. The molecule has 2 saturated carbocycles. The van der Waals surface area contributed by atoms with E-state index in [1.165, 1.54) is 0 Å². The minimum Gasteiger partial charge on any atom is -0.515 e. The number of aliphatic hydroxyl groups excluding tert-OH is 2. The van der Waals surface area contributed by atoms with Crippen molar-refractivity contribution in [1.29, 1.82) is 0 Å². The molecule has 2 aliphatic heterocycles. The molecule has 2 saturated heterocycles. The van der Waals surface area contributed by atoms with E-state index in [2.05, 4.69) is 33.8 Å². The first kappa shape index (κ1) is 22.0. The molecule has 6 rings (SSSR count). The number of hydrogen-bond acceptors (Lipinski definition) is 7. The van der Waals surface area contributed by atoms with E-state index in [0.717, 1.165) is 23.8 Å². The lowest BCUT2D eigenvalue weighted by atomic mass is 9.45. The largest absolute Gasteiger partial charge is 0.515 e. The summed E-state index contributed by atoms with van der Waals surface area (Å²) in [5.74, 6) is -0.640. The topological polar surface area (TPSA) is 94.5 Å². The Balaban J connectivity index is 1.49. The Hall–Kier alpha value is -1.51. The van der Waals surface area contributed by atoms with Gasteiger partial charge < -0.3 is 29.2 Å². The summed E-state index contributed by atoms with van der Waals surface area (Å²) in [6, 6.07) is 0. The van der Waals surface area contributed by atoms with Crippen molar-refractivity contribution in [3.63, 3.8) is 0 Å². The Kier molecular flexibility index (Phi) is 4.52. The van der Waals surface area contributed by atoms with Crippen LogP contribution in [0.4, 0.5) is 0 Å². The molecule has 2 spiro atoms. The Labute approximate surface area is 194 Å². The van der Waals surface area contributed by atoms with Gasteiger partial charge in [-0.05, 0) is 55.6 Å². The number of ether oxygens (including phenoxy) is 4. The van der Waals surface area contributed by atoms with Crippen LogP contribution in [0.2, 0.25) is 0 Å². The second kappa shape index (κ2) is 6.79. The Morgan fingerprint density at radius 1 is 1.18 bits per heavy atom. The van der Waals surface area contributed by atoms with Crippen molar-refractivity contribution >= 4 is 5.78 Å². The Bertz CT molecular complexity index is 985. The summed E-state index contributed by atoms with van der Waals surface area (Å²) in [5, 5.41) is 21.5. The molecule has 0 radical (unpaired) electrons. The second-order valence-electron chi connectivity index (χ2n) is 11.6. The highest BCUT2D eigenvalue weighted by atomic mass is 16.9. The smallest absolute Gasteiger partial charge is 0.227 e. The van der Waals surface area contributed by atoms with Crippen LogP contribution in [0.5, 0.6) is 0 Å². The average Bonchev–Trinajstić information content (AvgIpc) is 3.44. The van der Waals surface area contributed by atoms with Crippen LogP contribution >= 0.6 is 0 Å². The molecule has 0 aromatic rings. The summed E-state index contributed by atoms with van der Waals surface area (Å²) >= 11 is 0. The van der Waals surface area contributed by atoms with Gasteiger partial charge in [0.15, 0.2) is 19.4 Å². The summed E-state index contributed by atoms with van der Waals surface area (Å²) in [4.78, 5) is 12.5. The number of rotatable bonds is 0. The Morgan fingerprint density at radius 3 is 2.64 bits per heavy atom. The zero-order valence-corrected chi connectivity index (χ0v) is 19.8. The minimum absolute atomic E-state index is 0.0602. The Morgan fingerprint density at radius 2 is 1.94 bits per heavy atom. The molecule has 2 heterocycles. The average molecular weight is 459 g/mol. The number of carbonyl (C=O) groups is 1. The third-order valence-electron chi connectivity index (χ3n) is 10.2. The van der Waals surface area contributed by atoms with E-state index in [4.69, 9.17) is 18.9 Å². The highest BCUT2D eigenvalue weighted by Crippen LogP contribution is 2.72. The first-order chi connectivity index (χ1) is 15.6. The lowest BCUT2D eigenvalue weighted by Crippen LogP contribution is -2.67. The van der Waals surface area contributed by atoms with E-state index in [0.29, 0.717) is 25.0 Å². The number of fused-ring (bicyclic) bond motifs is 7. The van der Waals surface area contributed by atoms with Gasteiger partial charge in [0.1, 0.15) is 12.2 Å². The van der Waals surface area contributed by atoms with Crippen LogP contribution in [0.15, 0.2) is 35.1 Å². The molecule has 0 aromatic carbocycles. The fourth-order valence-electron chi connectivity index (χ4n) is 9.19. The van der Waals surface area contributed by atoms with E-state index in [1.54, 1.807) is 6.08 Å². The van der Waals surface area contributed by atoms with Gasteiger partial charge in [0.25, 0.3) is 0 Å². The van der Waals surface area contributed by atoms with Gasteiger partial charge >= 0.3 is 0 Å². The molecule has 4 fully saturated rings. The highest BCUT2D eigenvalue weighted by molar-refractivity contribution is 6.06. The van der Waals surface area contributed by atoms with E-state index in [-0.39, 0.29) is 48.5 Å². The van der Waals surface area contributed by atoms with Gasteiger partial charge in [-0.15, -0.1) is 0 Å². The molecule has 0 aromatic heterocycles. The van der Waals surface area contributed by atoms with Gasteiger partial charge in [0.05, 0.1) is 12.4 Å². The summed E-state index contributed by atoms with van der Waals surface area (Å²) in [6.45, 7) is 9.33. The molecule has 0 unspecified atom stereocenters. The fourth-order valence-corrected chi connectivity index (χ4v) is 9.19. The molecular weight excluding hydrogens is 424 g/mol. The predicted molar refractivity (Wildman–Crippen MR) is 118 cm³/mol. The molecule has 2 N–H and O–H groups in total. The third kappa shape index (κ3) is 2.40. The molecule has 0 amide bonds. The second-order valence-corrected chi connectivity index (χ2v) is 11.6. The van der Waals surface area contributed by atoms with Gasteiger partial charge in [-0.1, -0.05) is 32.4 Å².